The maximum atomic E-state index is 13.2. The Morgan fingerprint density at radius 1 is 1.19 bits per heavy atom. The molecule has 1 aromatic heterocycles. The summed E-state index contributed by atoms with van der Waals surface area (Å²) in [6, 6.07) is 7.67. The van der Waals surface area contributed by atoms with Gasteiger partial charge in [0, 0.05) is 49.0 Å². The van der Waals surface area contributed by atoms with Crippen LogP contribution in [0.4, 0.5) is 0 Å². The van der Waals surface area contributed by atoms with Crippen molar-refractivity contribution in [2.75, 3.05) is 50.9 Å². The lowest BCUT2D eigenvalue weighted by Crippen LogP contribution is -2.52. The monoisotopic (exact) mass is 387 g/mol. The second-order valence-electron chi connectivity index (χ2n) is 7.07. The van der Waals surface area contributed by atoms with Gasteiger partial charge < -0.3 is 14.6 Å². The summed E-state index contributed by atoms with van der Waals surface area (Å²) in [6.45, 7) is 4.71. The van der Waals surface area contributed by atoms with Crippen LogP contribution < -0.4 is 0 Å². The third-order valence-electron chi connectivity index (χ3n) is 5.30. The quantitative estimate of drug-likeness (QED) is 0.642. The molecule has 2 saturated heterocycles. The molecule has 2 aromatic rings. The number of Topliss-reactive ketones (excluding diaryl/α,β-unsaturated/α-hetero) is 1. The van der Waals surface area contributed by atoms with Crippen molar-refractivity contribution in [2.45, 2.75) is 12.5 Å². The molecular formula is C20H25N3O3S. The number of aromatic amines is 1. The highest BCUT2D eigenvalue weighted by molar-refractivity contribution is 7.99. The summed E-state index contributed by atoms with van der Waals surface area (Å²) in [5, 5.41) is 0.810. The highest BCUT2D eigenvalue weighted by Crippen LogP contribution is 2.22. The summed E-state index contributed by atoms with van der Waals surface area (Å²) in [5.41, 5.74) is 1.35. The van der Waals surface area contributed by atoms with Crippen LogP contribution in [-0.2, 0) is 9.53 Å². The minimum absolute atomic E-state index is 0.0669. The molecule has 1 amide bonds. The van der Waals surface area contributed by atoms with Crippen LogP contribution in [0.15, 0.2) is 30.5 Å². The van der Waals surface area contributed by atoms with Crippen molar-refractivity contribution < 1.29 is 14.3 Å². The van der Waals surface area contributed by atoms with Crippen LogP contribution >= 0.6 is 11.8 Å². The van der Waals surface area contributed by atoms with Crippen LogP contribution in [-0.4, -0.2) is 83.4 Å². The zero-order valence-electron chi connectivity index (χ0n) is 15.4. The summed E-state index contributed by atoms with van der Waals surface area (Å²) in [6.07, 6.45) is 2.59. The van der Waals surface area contributed by atoms with Gasteiger partial charge in [0.25, 0.3) is 11.7 Å². The fourth-order valence-corrected chi connectivity index (χ4v) is 4.89. The van der Waals surface area contributed by atoms with Crippen LogP contribution in [0, 0.1) is 0 Å². The number of carbonyl (C=O) groups is 2. The molecule has 1 aromatic carbocycles. The maximum absolute atomic E-state index is 13.2. The fraction of sp³-hybridized carbons (Fsp3) is 0.500. The molecule has 0 aliphatic carbocycles. The molecule has 1 unspecified atom stereocenters. The van der Waals surface area contributed by atoms with E-state index in [-0.39, 0.29) is 11.9 Å². The van der Waals surface area contributed by atoms with E-state index >= 15 is 0 Å². The van der Waals surface area contributed by atoms with E-state index in [0.717, 1.165) is 61.7 Å². The molecule has 1 N–H and O–H groups in total. The lowest BCUT2D eigenvalue weighted by atomic mass is 10.1. The SMILES string of the molecule is O=C(C(=O)N1CCCSCC1CN1CCOCC1)c1c[nH]c2ccccc12. The molecule has 0 saturated carbocycles. The zero-order valence-corrected chi connectivity index (χ0v) is 16.2. The molecule has 2 aliphatic heterocycles. The van der Waals surface area contributed by atoms with Gasteiger partial charge in [0.15, 0.2) is 0 Å². The Morgan fingerprint density at radius 2 is 2.00 bits per heavy atom. The van der Waals surface area contributed by atoms with Gasteiger partial charge in [-0.25, -0.2) is 0 Å². The Kier molecular flexibility index (Phi) is 5.80. The lowest BCUT2D eigenvalue weighted by Gasteiger charge is -2.35. The van der Waals surface area contributed by atoms with Gasteiger partial charge in [-0.3, -0.25) is 14.5 Å². The Labute approximate surface area is 163 Å². The van der Waals surface area contributed by atoms with Crippen LogP contribution in [0.2, 0.25) is 0 Å². The highest BCUT2D eigenvalue weighted by Gasteiger charge is 2.32. The predicted octanol–water partition coefficient (Wildman–Crippen LogP) is 2.02. The predicted molar refractivity (Wildman–Crippen MR) is 107 cm³/mol. The molecule has 6 nitrogen and oxygen atoms in total. The van der Waals surface area contributed by atoms with Gasteiger partial charge >= 0.3 is 0 Å². The lowest BCUT2D eigenvalue weighted by molar-refractivity contribution is -0.128. The summed E-state index contributed by atoms with van der Waals surface area (Å²) < 4.78 is 5.43. The van der Waals surface area contributed by atoms with E-state index in [4.69, 9.17) is 4.74 Å². The van der Waals surface area contributed by atoms with Crippen molar-refractivity contribution >= 4 is 34.4 Å². The van der Waals surface area contributed by atoms with Gasteiger partial charge in [-0.05, 0) is 18.2 Å². The van der Waals surface area contributed by atoms with Crippen LogP contribution in [0.3, 0.4) is 0 Å². The van der Waals surface area contributed by atoms with Gasteiger partial charge in [-0.15, -0.1) is 0 Å². The average molecular weight is 388 g/mol. The maximum Gasteiger partial charge on any atom is 0.295 e. The minimum atomic E-state index is -0.411. The Bertz CT molecular complexity index is 816. The third-order valence-corrected chi connectivity index (χ3v) is 6.50. The number of carbonyl (C=O) groups excluding carboxylic acids is 2. The molecule has 4 rings (SSSR count). The number of aromatic nitrogens is 1. The molecule has 7 heteroatoms. The summed E-state index contributed by atoms with van der Waals surface area (Å²) in [4.78, 5) is 33.4. The summed E-state index contributed by atoms with van der Waals surface area (Å²) in [7, 11) is 0. The Hall–Kier alpha value is -1.83. The zero-order chi connectivity index (χ0) is 18.6. The van der Waals surface area contributed by atoms with Gasteiger partial charge in [0.1, 0.15) is 0 Å². The molecule has 3 heterocycles. The molecule has 1 atom stereocenters. The molecule has 2 fully saturated rings. The normalized spacial score (nSPS) is 21.9. The van der Waals surface area contributed by atoms with E-state index in [1.165, 1.54) is 0 Å². The Morgan fingerprint density at radius 3 is 2.85 bits per heavy atom. The highest BCUT2D eigenvalue weighted by atomic mass is 32.2. The largest absolute Gasteiger partial charge is 0.379 e. The number of hydrogen-bond acceptors (Lipinski definition) is 5. The van der Waals surface area contributed by atoms with E-state index in [1.54, 1.807) is 6.20 Å². The first-order chi connectivity index (χ1) is 13.2. The van der Waals surface area contributed by atoms with Gasteiger partial charge in [0.2, 0.25) is 0 Å². The number of ketones is 1. The first-order valence-corrected chi connectivity index (χ1v) is 10.7. The molecule has 27 heavy (non-hydrogen) atoms. The number of amides is 1. The number of thioether (sulfide) groups is 1. The molecule has 144 valence electrons. The van der Waals surface area contributed by atoms with E-state index in [2.05, 4.69) is 9.88 Å². The summed E-state index contributed by atoms with van der Waals surface area (Å²) >= 11 is 1.88. The number of H-pyrrole nitrogens is 1. The average Bonchev–Trinajstić information content (AvgIpc) is 3.00. The van der Waals surface area contributed by atoms with Crippen molar-refractivity contribution in [3.8, 4) is 0 Å². The van der Waals surface area contributed by atoms with E-state index < -0.39 is 5.78 Å². The topological polar surface area (TPSA) is 65.6 Å². The van der Waals surface area contributed by atoms with Crippen molar-refractivity contribution in [3.63, 3.8) is 0 Å². The Balaban J connectivity index is 1.54. The van der Waals surface area contributed by atoms with Gasteiger partial charge in [0.05, 0.1) is 24.8 Å². The first-order valence-electron chi connectivity index (χ1n) is 9.53. The van der Waals surface area contributed by atoms with Crippen molar-refractivity contribution in [2.24, 2.45) is 0 Å². The van der Waals surface area contributed by atoms with E-state index in [0.29, 0.717) is 12.1 Å². The standard InChI is InChI=1S/C20H25N3O3S/c24-19(17-12-21-18-5-2-1-4-16(17)18)20(25)23-6-3-11-27-14-15(23)13-22-7-9-26-10-8-22/h1-2,4-5,12,15,21H,3,6-11,13-14H2. The van der Waals surface area contributed by atoms with E-state index in [9.17, 15) is 9.59 Å². The van der Waals surface area contributed by atoms with Crippen molar-refractivity contribution in [3.05, 3.63) is 36.0 Å². The first kappa shape index (κ1) is 18.5. The summed E-state index contributed by atoms with van der Waals surface area (Å²) in [5.74, 6) is 1.13. The van der Waals surface area contributed by atoms with Crippen LogP contribution in [0.1, 0.15) is 16.8 Å². The molecule has 2 aliphatic rings. The molecule has 0 bridgehead atoms. The number of benzene rings is 1. The number of fused-ring (bicyclic) bond motifs is 1. The van der Waals surface area contributed by atoms with Crippen LogP contribution in [0.25, 0.3) is 10.9 Å². The number of nitrogens with one attached hydrogen (secondary N) is 1. The van der Waals surface area contributed by atoms with Gasteiger partial charge in [-0.1, -0.05) is 18.2 Å². The minimum Gasteiger partial charge on any atom is -0.379 e. The molecular weight excluding hydrogens is 362 g/mol. The number of morpholine rings is 1. The number of nitrogens with zero attached hydrogens (tertiary/aromatic N) is 2. The number of para-hydroxylation sites is 1. The van der Waals surface area contributed by atoms with E-state index in [1.807, 2.05) is 40.9 Å². The smallest absolute Gasteiger partial charge is 0.295 e. The second kappa shape index (κ2) is 8.46. The second-order valence-corrected chi connectivity index (χ2v) is 8.22. The van der Waals surface area contributed by atoms with Crippen molar-refractivity contribution in [1.29, 1.82) is 0 Å². The fourth-order valence-electron chi connectivity index (χ4n) is 3.83. The van der Waals surface area contributed by atoms with Crippen molar-refractivity contribution in [1.82, 2.24) is 14.8 Å². The number of rotatable bonds is 4. The van der Waals surface area contributed by atoms with Crippen LogP contribution in [0.5, 0.6) is 0 Å². The number of hydrogen-bond donors (Lipinski definition) is 1. The number of ether oxygens (including phenoxy) is 1. The van der Waals surface area contributed by atoms with Gasteiger partial charge in [-0.2, -0.15) is 11.8 Å². The molecule has 0 radical (unpaired) electrons. The third kappa shape index (κ3) is 4.05. The molecule has 0 spiro atoms.